The van der Waals surface area contributed by atoms with Crippen LogP contribution in [-0.2, 0) is 0 Å². The number of benzene rings is 1. The summed E-state index contributed by atoms with van der Waals surface area (Å²) in [5, 5.41) is -0.331. The van der Waals surface area contributed by atoms with Crippen LogP contribution in [0.2, 0.25) is 0 Å². The molecule has 0 fully saturated rings. The van der Waals surface area contributed by atoms with Crippen LogP contribution < -0.4 is 5.56 Å². The molecule has 1 N–H and O–H groups in total. The van der Waals surface area contributed by atoms with E-state index in [0.717, 1.165) is 0 Å². The normalized spacial score (nSPS) is 10.4. The zero-order valence-electron chi connectivity index (χ0n) is 6.95. The van der Waals surface area contributed by atoms with Gasteiger partial charge in [-0.2, -0.15) is 0 Å². The number of halogens is 1. The lowest BCUT2D eigenvalue weighted by Gasteiger charge is -1.97. The van der Waals surface area contributed by atoms with Crippen molar-refractivity contribution in [1.82, 2.24) is 9.97 Å². The topological polar surface area (TPSA) is 62.8 Å². The Bertz CT molecular complexity index is 562. The van der Waals surface area contributed by atoms with Crippen molar-refractivity contribution in [2.75, 3.05) is 0 Å². The molecular weight excluding hydrogens is 204 g/mol. The second kappa shape index (κ2) is 3.23. The predicted octanol–water partition coefficient (Wildman–Crippen LogP) is 1.30. The molecule has 4 nitrogen and oxygen atoms in total. The lowest BCUT2D eigenvalue weighted by Crippen LogP contribution is -2.13. The molecule has 5 heteroatoms. The quantitative estimate of drug-likeness (QED) is 0.719. The molecule has 0 atom stereocenters. The van der Waals surface area contributed by atoms with Crippen molar-refractivity contribution >= 4 is 27.7 Å². The maximum atomic E-state index is 11.4. The number of para-hydroxylation sites is 1. The minimum absolute atomic E-state index is 0.129. The molecule has 1 aromatic heterocycles. The van der Waals surface area contributed by atoms with Crippen LogP contribution in [0.15, 0.2) is 29.1 Å². The number of hydrogen-bond acceptors (Lipinski definition) is 3. The molecule has 0 saturated carbocycles. The summed E-state index contributed by atoms with van der Waals surface area (Å²) < 4.78 is 0. The largest absolute Gasteiger partial charge is 0.302 e. The highest BCUT2D eigenvalue weighted by Crippen LogP contribution is 2.06. The molecule has 0 amide bonds. The summed E-state index contributed by atoms with van der Waals surface area (Å²) in [6, 6.07) is 6.73. The lowest BCUT2D eigenvalue weighted by molar-refractivity contribution is 0.107. The van der Waals surface area contributed by atoms with Gasteiger partial charge in [0.15, 0.2) is 5.82 Å². The van der Waals surface area contributed by atoms with Crippen molar-refractivity contribution in [3.8, 4) is 0 Å². The molecule has 0 unspecified atom stereocenters. The van der Waals surface area contributed by atoms with E-state index in [-0.39, 0.29) is 11.4 Å². The molecule has 2 rings (SSSR count). The van der Waals surface area contributed by atoms with Crippen molar-refractivity contribution in [2.24, 2.45) is 0 Å². The molecule has 1 aromatic carbocycles. The number of H-pyrrole nitrogens is 1. The number of nitrogens with zero attached hydrogens (tertiary/aromatic N) is 1. The number of hydrogen-bond donors (Lipinski definition) is 1. The first-order valence-electron chi connectivity index (χ1n) is 3.87. The fraction of sp³-hybridized carbons (Fsp3) is 0. The molecule has 1 heterocycles. The van der Waals surface area contributed by atoms with E-state index in [2.05, 4.69) is 9.97 Å². The Morgan fingerprint density at radius 2 is 2.07 bits per heavy atom. The Hall–Kier alpha value is -1.68. The van der Waals surface area contributed by atoms with Crippen LogP contribution in [-0.4, -0.2) is 15.2 Å². The van der Waals surface area contributed by atoms with Crippen LogP contribution in [0.4, 0.5) is 0 Å². The maximum absolute atomic E-state index is 11.4. The number of aromatic amines is 1. The Kier molecular flexibility index (Phi) is 2.05. The van der Waals surface area contributed by atoms with Gasteiger partial charge in [-0.3, -0.25) is 9.59 Å². The van der Waals surface area contributed by atoms with Gasteiger partial charge >= 0.3 is 0 Å². The van der Waals surface area contributed by atoms with Gasteiger partial charge in [0.05, 0.1) is 10.9 Å². The Morgan fingerprint density at radius 3 is 2.79 bits per heavy atom. The standard InChI is InChI=1S/C9H5ClN2O2/c10-7(13)8-11-6-4-2-1-3-5(6)9(14)12-8/h1-4H,(H,11,12,14). The first-order chi connectivity index (χ1) is 6.68. The van der Waals surface area contributed by atoms with Gasteiger partial charge in [0, 0.05) is 0 Å². The fourth-order valence-electron chi connectivity index (χ4n) is 1.18. The average Bonchev–Trinajstić information content (AvgIpc) is 2.17. The first kappa shape index (κ1) is 8.90. The summed E-state index contributed by atoms with van der Waals surface area (Å²) in [5.74, 6) is -0.129. The van der Waals surface area contributed by atoms with Crippen molar-refractivity contribution in [2.45, 2.75) is 0 Å². The second-order valence-corrected chi connectivity index (χ2v) is 3.05. The number of fused-ring (bicyclic) bond motifs is 1. The SMILES string of the molecule is O=C(Cl)c1nc2ccccc2c(=O)[nH]1. The third kappa shape index (κ3) is 1.40. The molecule has 14 heavy (non-hydrogen) atoms. The zero-order chi connectivity index (χ0) is 10.1. The number of rotatable bonds is 1. The van der Waals surface area contributed by atoms with E-state index in [1.165, 1.54) is 0 Å². The van der Waals surface area contributed by atoms with Gasteiger partial charge < -0.3 is 4.98 Å². The monoisotopic (exact) mass is 208 g/mol. The van der Waals surface area contributed by atoms with Crippen molar-refractivity contribution in [3.05, 3.63) is 40.4 Å². The molecule has 0 aliphatic heterocycles. The van der Waals surface area contributed by atoms with E-state index < -0.39 is 5.24 Å². The van der Waals surface area contributed by atoms with E-state index >= 15 is 0 Å². The summed E-state index contributed by atoms with van der Waals surface area (Å²) in [7, 11) is 0. The average molecular weight is 209 g/mol. The van der Waals surface area contributed by atoms with Gasteiger partial charge in [0.2, 0.25) is 0 Å². The van der Waals surface area contributed by atoms with Crippen LogP contribution in [0, 0.1) is 0 Å². The molecular formula is C9H5ClN2O2. The second-order valence-electron chi connectivity index (χ2n) is 2.71. The van der Waals surface area contributed by atoms with E-state index in [0.29, 0.717) is 10.9 Å². The van der Waals surface area contributed by atoms with Crippen LogP contribution in [0.25, 0.3) is 10.9 Å². The lowest BCUT2D eigenvalue weighted by atomic mass is 10.2. The Labute approximate surface area is 83.5 Å². The van der Waals surface area contributed by atoms with Crippen LogP contribution in [0.1, 0.15) is 10.6 Å². The van der Waals surface area contributed by atoms with E-state index in [1.54, 1.807) is 24.3 Å². The minimum Gasteiger partial charge on any atom is -0.302 e. The highest BCUT2D eigenvalue weighted by Gasteiger charge is 2.07. The summed E-state index contributed by atoms with van der Waals surface area (Å²) in [6.07, 6.45) is 0. The number of carbonyl (C=O) groups is 1. The van der Waals surface area contributed by atoms with Crippen LogP contribution >= 0.6 is 11.6 Å². The molecule has 0 aliphatic carbocycles. The van der Waals surface area contributed by atoms with Gasteiger partial charge in [-0.15, -0.1) is 0 Å². The Morgan fingerprint density at radius 1 is 1.36 bits per heavy atom. The highest BCUT2D eigenvalue weighted by atomic mass is 35.5. The van der Waals surface area contributed by atoms with Gasteiger partial charge in [0.1, 0.15) is 0 Å². The molecule has 0 saturated heterocycles. The molecule has 0 aliphatic rings. The molecule has 0 spiro atoms. The smallest absolute Gasteiger partial charge is 0.287 e. The summed E-state index contributed by atoms with van der Waals surface area (Å²) in [4.78, 5) is 28.4. The van der Waals surface area contributed by atoms with Crippen LogP contribution in [0.3, 0.4) is 0 Å². The molecule has 0 radical (unpaired) electrons. The minimum atomic E-state index is -0.771. The number of nitrogens with one attached hydrogen (secondary N) is 1. The third-order valence-corrected chi connectivity index (χ3v) is 1.98. The summed E-state index contributed by atoms with van der Waals surface area (Å²) in [6.45, 7) is 0. The third-order valence-electron chi connectivity index (χ3n) is 1.80. The van der Waals surface area contributed by atoms with E-state index in [9.17, 15) is 9.59 Å². The molecule has 2 aromatic rings. The van der Waals surface area contributed by atoms with Crippen LogP contribution in [0.5, 0.6) is 0 Å². The van der Waals surface area contributed by atoms with Crippen molar-refractivity contribution in [3.63, 3.8) is 0 Å². The van der Waals surface area contributed by atoms with Crippen molar-refractivity contribution in [1.29, 1.82) is 0 Å². The van der Waals surface area contributed by atoms with E-state index in [4.69, 9.17) is 11.6 Å². The van der Waals surface area contributed by atoms with Crippen molar-refractivity contribution < 1.29 is 4.79 Å². The zero-order valence-corrected chi connectivity index (χ0v) is 7.71. The van der Waals surface area contributed by atoms with Gasteiger partial charge in [-0.05, 0) is 23.7 Å². The molecule has 0 bridgehead atoms. The summed E-state index contributed by atoms with van der Waals surface area (Å²) in [5.41, 5.74) is 0.0971. The maximum Gasteiger partial charge on any atom is 0.287 e. The molecule has 70 valence electrons. The highest BCUT2D eigenvalue weighted by molar-refractivity contribution is 6.67. The van der Waals surface area contributed by atoms with Gasteiger partial charge in [-0.1, -0.05) is 12.1 Å². The number of aromatic nitrogens is 2. The van der Waals surface area contributed by atoms with Gasteiger partial charge in [-0.25, -0.2) is 4.98 Å². The number of carbonyl (C=O) groups excluding carboxylic acids is 1. The summed E-state index contributed by atoms with van der Waals surface area (Å²) >= 11 is 5.20. The fourth-order valence-corrected chi connectivity index (χ4v) is 1.27. The van der Waals surface area contributed by atoms with Gasteiger partial charge in [0.25, 0.3) is 10.8 Å². The Balaban J connectivity index is 2.86. The van der Waals surface area contributed by atoms with E-state index in [1.807, 2.05) is 0 Å². The first-order valence-corrected chi connectivity index (χ1v) is 4.25. The predicted molar refractivity (Wildman–Crippen MR) is 52.5 cm³/mol.